The molecule has 0 spiro atoms. The number of piperidine rings is 1. The van der Waals surface area contributed by atoms with Gasteiger partial charge in [-0.1, -0.05) is 42.8 Å². The van der Waals surface area contributed by atoms with E-state index in [9.17, 15) is 9.59 Å². The Bertz CT molecular complexity index is 1180. The van der Waals surface area contributed by atoms with Gasteiger partial charge in [0.1, 0.15) is 5.75 Å². The molecule has 6 nitrogen and oxygen atoms in total. The van der Waals surface area contributed by atoms with Crippen molar-refractivity contribution in [3.8, 4) is 5.75 Å². The van der Waals surface area contributed by atoms with Gasteiger partial charge in [0, 0.05) is 36.8 Å². The molecule has 2 fully saturated rings. The number of nitrogens with one attached hydrogen (secondary N) is 1. The minimum atomic E-state index is -0.0899. The van der Waals surface area contributed by atoms with E-state index in [0.717, 1.165) is 35.9 Å². The zero-order valence-electron chi connectivity index (χ0n) is 20.8. The molecule has 1 unspecified atom stereocenters. The summed E-state index contributed by atoms with van der Waals surface area (Å²) in [5.74, 6) is 0.702. The van der Waals surface area contributed by atoms with Gasteiger partial charge in [-0.15, -0.1) is 0 Å². The number of likely N-dealkylation sites (tertiary alicyclic amines) is 2. The molecule has 188 valence electrons. The van der Waals surface area contributed by atoms with Crippen molar-refractivity contribution >= 4 is 22.6 Å². The average molecular weight is 486 g/mol. The van der Waals surface area contributed by atoms with Gasteiger partial charge >= 0.3 is 0 Å². The first-order chi connectivity index (χ1) is 17.7. The number of hydrogen-bond acceptors (Lipinski definition) is 4. The standard InChI is InChI=1S/C30H35N3O3/c34-29(28-11-6-9-23-8-2-3-10-27(23)28)31-25-16-20-33(22-25)30(35)24-12-14-26(15-13-24)36-21-7-19-32-17-4-1-5-18-32/h2-3,6,8-15,25H,1,4-5,7,16-22H2,(H,31,34). The second-order valence-corrected chi connectivity index (χ2v) is 9.87. The molecule has 3 aromatic carbocycles. The quantitative estimate of drug-likeness (QED) is 0.468. The van der Waals surface area contributed by atoms with Gasteiger partial charge in [0.05, 0.1) is 6.61 Å². The molecule has 0 aromatic heterocycles. The molecule has 1 N–H and O–H groups in total. The lowest BCUT2D eigenvalue weighted by atomic mass is 10.0. The van der Waals surface area contributed by atoms with Crippen LogP contribution in [0.25, 0.3) is 10.8 Å². The zero-order valence-corrected chi connectivity index (χ0v) is 20.8. The van der Waals surface area contributed by atoms with Crippen LogP contribution in [-0.2, 0) is 0 Å². The number of carbonyl (C=O) groups is 2. The first kappa shape index (κ1) is 24.3. The second-order valence-electron chi connectivity index (χ2n) is 9.87. The first-order valence-electron chi connectivity index (χ1n) is 13.2. The minimum Gasteiger partial charge on any atom is -0.494 e. The Labute approximate surface area is 213 Å². The van der Waals surface area contributed by atoms with Gasteiger partial charge in [-0.25, -0.2) is 0 Å². The fourth-order valence-corrected chi connectivity index (χ4v) is 5.29. The Morgan fingerprint density at radius 1 is 0.889 bits per heavy atom. The van der Waals surface area contributed by atoms with Crippen LogP contribution in [0.4, 0.5) is 0 Å². The molecule has 0 aliphatic carbocycles. The summed E-state index contributed by atoms with van der Waals surface area (Å²) in [4.78, 5) is 30.3. The summed E-state index contributed by atoms with van der Waals surface area (Å²) in [6.07, 6.45) is 5.74. The molecule has 2 saturated heterocycles. The lowest BCUT2D eigenvalue weighted by Gasteiger charge is -2.26. The van der Waals surface area contributed by atoms with Crippen LogP contribution in [-0.4, -0.2) is 67.0 Å². The van der Waals surface area contributed by atoms with Crippen LogP contribution in [0.2, 0.25) is 0 Å². The third kappa shape index (κ3) is 5.88. The van der Waals surface area contributed by atoms with Crippen molar-refractivity contribution in [2.45, 2.75) is 38.1 Å². The Morgan fingerprint density at radius 2 is 1.67 bits per heavy atom. The van der Waals surface area contributed by atoms with Crippen molar-refractivity contribution < 1.29 is 14.3 Å². The Morgan fingerprint density at radius 3 is 2.50 bits per heavy atom. The van der Waals surface area contributed by atoms with E-state index in [1.54, 1.807) is 0 Å². The fraction of sp³-hybridized carbons (Fsp3) is 0.400. The van der Waals surface area contributed by atoms with Crippen molar-refractivity contribution in [2.75, 3.05) is 39.3 Å². The SMILES string of the molecule is O=C(NC1CCN(C(=O)c2ccc(OCCCN3CCCCC3)cc2)C1)c1cccc2ccccc12. The number of hydrogen-bond donors (Lipinski definition) is 1. The summed E-state index contributed by atoms with van der Waals surface area (Å²) in [5, 5.41) is 5.11. The fourth-order valence-electron chi connectivity index (χ4n) is 5.29. The third-order valence-electron chi connectivity index (χ3n) is 7.28. The zero-order chi connectivity index (χ0) is 24.7. The lowest BCUT2D eigenvalue weighted by molar-refractivity contribution is 0.0783. The van der Waals surface area contributed by atoms with Gasteiger partial charge in [0.2, 0.25) is 0 Å². The van der Waals surface area contributed by atoms with Crippen LogP contribution < -0.4 is 10.1 Å². The summed E-state index contributed by atoms with van der Waals surface area (Å²) >= 11 is 0. The third-order valence-corrected chi connectivity index (χ3v) is 7.28. The molecule has 2 aliphatic rings. The van der Waals surface area contributed by atoms with Crippen LogP contribution in [0.5, 0.6) is 5.75 Å². The average Bonchev–Trinajstić information content (AvgIpc) is 3.39. The molecule has 0 saturated carbocycles. The maximum Gasteiger partial charge on any atom is 0.253 e. The molecule has 3 aromatic rings. The summed E-state index contributed by atoms with van der Waals surface area (Å²) in [5.41, 5.74) is 1.32. The minimum absolute atomic E-state index is 0.00596. The molecule has 36 heavy (non-hydrogen) atoms. The Hall–Kier alpha value is -3.38. The van der Waals surface area contributed by atoms with Crippen LogP contribution >= 0.6 is 0 Å². The van der Waals surface area contributed by atoms with Crippen molar-refractivity contribution in [1.82, 2.24) is 15.1 Å². The number of amides is 2. The molecule has 2 amide bonds. The molecule has 2 heterocycles. The molecule has 0 bridgehead atoms. The van der Waals surface area contributed by atoms with E-state index in [-0.39, 0.29) is 17.9 Å². The van der Waals surface area contributed by atoms with E-state index < -0.39 is 0 Å². The number of nitrogens with zero attached hydrogens (tertiary/aromatic N) is 2. The highest BCUT2D eigenvalue weighted by atomic mass is 16.5. The predicted molar refractivity (Wildman–Crippen MR) is 143 cm³/mol. The predicted octanol–water partition coefficient (Wildman–Crippen LogP) is 4.74. The largest absolute Gasteiger partial charge is 0.494 e. The molecule has 2 aliphatic heterocycles. The highest BCUT2D eigenvalue weighted by Gasteiger charge is 2.28. The summed E-state index contributed by atoms with van der Waals surface area (Å²) in [6, 6.07) is 21.0. The van der Waals surface area contributed by atoms with Gasteiger partial charge in [0.25, 0.3) is 11.8 Å². The van der Waals surface area contributed by atoms with Gasteiger partial charge in [0.15, 0.2) is 0 Å². The number of fused-ring (bicyclic) bond motifs is 1. The Kier molecular flexibility index (Phi) is 7.82. The van der Waals surface area contributed by atoms with E-state index in [1.807, 2.05) is 71.6 Å². The topological polar surface area (TPSA) is 61.9 Å². The van der Waals surface area contributed by atoms with Gasteiger partial charge in [-0.3, -0.25) is 9.59 Å². The second kappa shape index (κ2) is 11.6. The summed E-state index contributed by atoms with van der Waals surface area (Å²) < 4.78 is 5.89. The highest BCUT2D eigenvalue weighted by molar-refractivity contribution is 6.07. The monoisotopic (exact) mass is 485 g/mol. The first-order valence-corrected chi connectivity index (χ1v) is 13.2. The van der Waals surface area contributed by atoms with E-state index in [1.165, 1.54) is 32.4 Å². The molecule has 1 atom stereocenters. The highest BCUT2D eigenvalue weighted by Crippen LogP contribution is 2.21. The summed E-state index contributed by atoms with van der Waals surface area (Å²) in [6.45, 7) is 5.35. The lowest BCUT2D eigenvalue weighted by Crippen LogP contribution is -2.38. The molecular weight excluding hydrogens is 450 g/mol. The maximum atomic E-state index is 13.0. The van der Waals surface area contributed by atoms with Crippen molar-refractivity contribution in [3.63, 3.8) is 0 Å². The smallest absolute Gasteiger partial charge is 0.253 e. The van der Waals surface area contributed by atoms with Crippen LogP contribution in [0, 0.1) is 0 Å². The van der Waals surface area contributed by atoms with Crippen LogP contribution in [0.3, 0.4) is 0 Å². The molecule has 6 heteroatoms. The Balaban J connectivity index is 1.09. The molecular formula is C30H35N3O3. The van der Waals surface area contributed by atoms with Gasteiger partial charge in [-0.05, 0) is 79.9 Å². The van der Waals surface area contributed by atoms with Gasteiger partial charge < -0.3 is 19.9 Å². The van der Waals surface area contributed by atoms with E-state index >= 15 is 0 Å². The number of ether oxygens (including phenoxy) is 1. The molecule has 0 radical (unpaired) electrons. The van der Waals surface area contributed by atoms with Crippen LogP contribution in [0.1, 0.15) is 52.8 Å². The summed E-state index contributed by atoms with van der Waals surface area (Å²) in [7, 11) is 0. The number of benzene rings is 3. The van der Waals surface area contributed by atoms with Crippen molar-refractivity contribution in [1.29, 1.82) is 0 Å². The number of carbonyl (C=O) groups excluding carboxylic acids is 2. The maximum absolute atomic E-state index is 13.0. The van der Waals surface area contributed by atoms with Crippen LogP contribution in [0.15, 0.2) is 66.7 Å². The number of rotatable bonds is 8. The molecule has 5 rings (SSSR count). The van der Waals surface area contributed by atoms with E-state index in [4.69, 9.17) is 4.74 Å². The van der Waals surface area contributed by atoms with Crippen molar-refractivity contribution in [3.05, 3.63) is 77.9 Å². The van der Waals surface area contributed by atoms with E-state index in [2.05, 4.69) is 10.2 Å². The van der Waals surface area contributed by atoms with Gasteiger partial charge in [-0.2, -0.15) is 0 Å². The van der Waals surface area contributed by atoms with Crippen molar-refractivity contribution in [2.24, 2.45) is 0 Å². The van der Waals surface area contributed by atoms with E-state index in [0.29, 0.717) is 30.8 Å². The normalized spacial score (nSPS) is 18.3.